The summed E-state index contributed by atoms with van der Waals surface area (Å²) in [5.41, 5.74) is 0. The topological polar surface area (TPSA) is 0 Å². The van der Waals surface area contributed by atoms with Gasteiger partial charge in [-0.2, -0.15) is 0 Å². The molecule has 0 N–H and O–H groups in total. The van der Waals surface area contributed by atoms with Crippen LogP contribution in [-0.2, 0) is 0 Å². The standard InChI is InChI=1S/C12H28Si/c1-6-13(9-7-11(2)3)10-8-12(4)5/h11-13H,6-10H2,1-5H3. The van der Waals surface area contributed by atoms with Gasteiger partial charge in [-0.25, -0.2) is 0 Å². The van der Waals surface area contributed by atoms with Gasteiger partial charge >= 0.3 is 0 Å². The maximum Gasteiger partial charge on any atom is 0.0365 e. The first-order valence-electron chi connectivity index (χ1n) is 6.06. The van der Waals surface area contributed by atoms with Crippen LogP contribution in [0.2, 0.25) is 18.1 Å². The fourth-order valence-corrected chi connectivity index (χ4v) is 5.07. The monoisotopic (exact) mass is 200 g/mol. The molecule has 0 saturated heterocycles. The summed E-state index contributed by atoms with van der Waals surface area (Å²) in [6.45, 7) is 11.8. The number of rotatable bonds is 7. The fourth-order valence-electron chi connectivity index (χ4n) is 1.69. The zero-order valence-electron chi connectivity index (χ0n) is 10.3. The average molecular weight is 200 g/mol. The molecule has 0 bridgehead atoms. The average Bonchev–Trinajstić information content (AvgIpc) is 2.04. The summed E-state index contributed by atoms with van der Waals surface area (Å²) in [7, 11) is -0.325. The Kier molecular flexibility index (Phi) is 7.73. The second kappa shape index (κ2) is 7.60. The zero-order chi connectivity index (χ0) is 10.3. The Bertz CT molecular complexity index is 95.7. The molecule has 1 heteroatoms. The second-order valence-corrected chi connectivity index (χ2v) is 8.92. The van der Waals surface area contributed by atoms with E-state index in [1.54, 1.807) is 12.1 Å². The van der Waals surface area contributed by atoms with Gasteiger partial charge in [0.1, 0.15) is 0 Å². The van der Waals surface area contributed by atoms with Gasteiger partial charge < -0.3 is 0 Å². The predicted octanol–water partition coefficient (Wildman–Crippen LogP) is 4.33. The Balaban J connectivity index is 3.51. The Morgan fingerprint density at radius 2 is 1.23 bits per heavy atom. The molecule has 0 aromatic heterocycles. The summed E-state index contributed by atoms with van der Waals surface area (Å²) in [5, 5.41) is 0. The van der Waals surface area contributed by atoms with Crippen molar-refractivity contribution in [2.75, 3.05) is 0 Å². The molecule has 80 valence electrons. The summed E-state index contributed by atoms with van der Waals surface area (Å²) in [5.74, 6) is 1.83. The van der Waals surface area contributed by atoms with Gasteiger partial charge in [0.15, 0.2) is 0 Å². The molecule has 0 atom stereocenters. The summed E-state index contributed by atoms with van der Waals surface area (Å²) in [4.78, 5) is 0. The first kappa shape index (κ1) is 13.2. The van der Waals surface area contributed by atoms with Crippen molar-refractivity contribution in [2.45, 2.75) is 65.6 Å². The molecule has 0 aliphatic rings. The van der Waals surface area contributed by atoms with Crippen LogP contribution in [0.15, 0.2) is 0 Å². The Labute approximate surface area is 86.7 Å². The van der Waals surface area contributed by atoms with Crippen molar-refractivity contribution in [1.29, 1.82) is 0 Å². The molecule has 0 rings (SSSR count). The maximum absolute atomic E-state index is 2.40. The van der Waals surface area contributed by atoms with Crippen LogP contribution in [0.4, 0.5) is 0 Å². The summed E-state index contributed by atoms with van der Waals surface area (Å²) in [6, 6.07) is 4.68. The highest BCUT2D eigenvalue weighted by molar-refractivity contribution is 6.58. The van der Waals surface area contributed by atoms with Gasteiger partial charge in [0, 0.05) is 8.80 Å². The summed E-state index contributed by atoms with van der Waals surface area (Å²) < 4.78 is 0. The Hall–Kier alpha value is 0.217. The van der Waals surface area contributed by atoms with E-state index in [-0.39, 0.29) is 8.80 Å². The first-order chi connectivity index (χ1) is 6.06. The third-order valence-corrected chi connectivity index (χ3v) is 6.34. The van der Waals surface area contributed by atoms with Gasteiger partial charge in [-0.1, -0.05) is 65.6 Å². The van der Waals surface area contributed by atoms with E-state index >= 15 is 0 Å². The van der Waals surface area contributed by atoms with Crippen molar-refractivity contribution >= 4 is 8.80 Å². The first-order valence-corrected chi connectivity index (χ1v) is 8.51. The van der Waals surface area contributed by atoms with Gasteiger partial charge in [0.05, 0.1) is 0 Å². The lowest BCUT2D eigenvalue weighted by Gasteiger charge is -2.15. The molecule has 0 spiro atoms. The fraction of sp³-hybridized carbons (Fsp3) is 1.00. The molecule has 0 saturated carbocycles. The van der Waals surface area contributed by atoms with Crippen LogP contribution in [0.3, 0.4) is 0 Å². The van der Waals surface area contributed by atoms with Crippen molar-refractivity contribution < 1.29 is 0 Å². The molecule has 0 aliphatic carbocycles. The van der Waals surface area contributed by atoms with Crippen LogP contribution >= 0.6 is 0 Å². The SMILES string of the molecule is CC[SiH](CCC(C)C)CCC(C)C. The lowest BCUT2D eigenvalue weighted by molar-refractivity contribution is 0.606. The predicted molar refractivity (Wildman–Crippen MR) is 66.2 cm³/mol. The quantitative estimate of drug-likeness (QED) is 0.537. The highest BCUT2D eigenvalue weighted by atomic mass is 28.3. The highest BCUT2D eigenvalue weighted by Crippen LogP contribution is 2.17. The molecule has 13 heavy (non-hydrogen) atoms. The van der Waals surface area contributed by atoms with Crippen molar-refractivity contribution in [2.24, 2.45) is 11.8 Å². The molecule has 0 nitrogen and oxygen atoms in total. The van der Waals surface area contributed by atoms with Crippen LogP contribution in [0.25, 0.3) is 0 Å². The molecule has 0 aromatic rings. The van der Waals surface area contributed by atoms with E-state index in [4.69, 9.17) is 0 Å². The van der Waals surface area contributed by atoms with Crippen molar-refractivity contribution in [3.8, 4) is 0 Å². The van der Waals surface area contributed by atoms with Gasteiger partial charge in [0.2, 0.25) is 0 Å². The van der Waals surface area contributed by atoms with Gasteiger partial charge in [-0.05, 0) is 11.8 Å². The van der Waals surface area contributed by atoms with E-state index in [0.717, 1.165) is 11.8 Å². The van der Waals surface area contributed by atoms with E-state index in [0.29, 0.717) is 0 Å². The van der Waals surface area contributed by atoms with Crippen LogP contribution in [0.5, 0.6) is 0 Å². The maximum atomic E-state index is 2.40. The number of hydrogen-bond acceptors (Lipinski definition) is 0. The lowest BCUT2D eigenvalue weighted by Crippen LogP contribution is -2.12. The summed E-state index contributed by atoms with van der Waals surface area (Å²) >= 11 is 0. The normalized spacial score (nSPS) is 12.0. The van der Waals surface area contributed by atoms with E-state index in [1.807, 2.05) is 0 Å². The third kappa shape index (κ3) is 8.54. The smallest absolute Gasteiger partial charge is 0.0365 e. The van der Waals surface area contributed by atoms with Crippen LogP contribution in [-0.4, -0.2) is 8.80 Å². The molecule has 0 aliphatic heterocycles. The molecule has 0 amide bonds. The van der Waals surface area contributed by atoms with Gasteiger partial charge in [-0.3, -0.25) is 0 Å². The van der Waals surface area contributed by atoms with E-state index < -0.39 is 0 Å². The minimum absolute atomic E-state index is 0.325. The second-order valence-electron chi connectivity index (χ2n) is 5.22. The third-order valence-electron chi connectivity index (χ3n) is 2.88. The lowest BCUT2D eigenvalue weighted by atomic mass is 10.2. The largest absolute Gasteiger partial charge is 0.0680 e. The van der Waals surface area contributed by atoms with E-state index in [2.05, 4.69) is 34.6 Å². The molecule has 0 aromatic carbocycles. The van der Waals surface area contributed by atoms with Crippen LogP contribution in [0, 0.1) is 11.8 Å². The van der Waals surface area contributed by atoms with Crippen molar-refractivity contribution in [3.05, 3.63) is 0 Å². The van der Waals surface area contributed by atoms with Gasteiger partial charge in [0.25, 0.3) is 0 Å². The van der Waals surface area contributed by atoms with E-state index in [9.17, 15) is 0 Å². The minimum Gasteiger partial charge on any atom is -0.0680 e. The van der Waals surface area contributed by atoms with Gasteiger partial charge in [-0.15, -0.1) is 0 Å². The minimum atomic E-state index is -0.325. The molecular formula is C12H28Si. The van der Waals surface area contributed by atoms with Crippen LogP contribution in [0.1, 0.15) is 47.5 Å². The molecule has 0 unspecified atom stereocenters. The van der Waals surface area contributed by atoms with Crippen molar-refractivity contribution in [1.82, 2.24) is 0 Å². The van der Waals surface area contributed by atoms with Crippen molar-refractivity contribution in [3.63, 3.8) is 0 Å². The van der Waals surface area contributed by atoms with E-state index in [1.165, 1.54) is 18.9 Å². The molecular weight excluding hydrogens is 172 g/mol. The molecule has 0 radical (unpaired) electrons. The Morgan fingerprint density at radius 1 is 0.846 bits per heavy atom. The Morgan fingerprint density at radius 3 is 1.46 bits per heavy atom. The summed E-state index contributed by atoms with van der Waals surface area (Å²) in [6.07, 6.45) is 2.95. The zero-order valence-corrected chi connectivity index (χ0v) is 11.4. The molecule has 0 fully saturated rings. The molecule has 0 heterocycles. The highest BCUT2D eigenvalue weighted by Gasteiger charge is 2.09. The number of hydrogen-bond donors (Lipinski definition) is 0. The van der Waals surface area contributed by atoms with Crippen LogP contribution < -0.4 is 0 Å².